The van der Waals surface area contributed by atoms with Gasteiger partial charge in [-0.3, -0.25) is 4.31 Å². The number of benzene rings is 2. The molecule has 0 spiro atoms. The zero-order valence-electron chi connectivity index (χ0n) is 12.7. The van der Waals surface area contributed by atoms with Gasteiger partial charge in [0.05, 0.1) is 29.8 Å². The molecule has 0 N–H and O–H groups in total. The summed E-state index contributed by atoms with van der Waals surface area (Å²) in [6.45, 7) is 3.69. The Kier molecular flexibility index (Phi) is 5.18. The van der Waals surface area contributed by atoms with Gasteiger partial charge in [-0.25, -0.2) is 13.2 Å². The van der Waals surface area contributed by atoms with Gasteiger partial charge in [0, 0.05) is 0 Å². The minimum Gasteiger partial charge on any atom is -0.465 e. The van der Waals surface area contributed by atoms with Crippen molar-refractivity contribution in [2.24, 2.45) is 0 Å². The second kappa shape index (κ2) is 7.11. The molecular formula is C17H17NO4S. The van der Waals surface area contributed by atoms with Crippen molar-refractivity contribution in [1.29, 1.82) is 0 Å². The first-order valence-electron chi connectivity index (χ1n) is 6.87. The minimum absolute atomic E-state index is 0.0852. The molecule has 0 aliphatic rings. The summed E-state index contributed by atoms with van der Waals surface area (Å²) in [5, 5.41) is 0. The molecule has 0 fully saturated rings. The molecule has 0 bridgehead atoms. The molecule has 0 atom stereocenters. The molecule has 23 heavy (non-hydrogen) atoms. The van der Waals surface area contributed by atoms with E-state index in [-0.39, 0.29) is 17.0 Å². The first-order chi connectivity index (χ1) is 11.0. The number of sulfonamides is 1. The maximum atomic E-state index is 12.8. The molecule has 0 unspecified atom stereocenters. The van der Waals surface area contributed by atoms with Crippen LogP contribution in [0.3, 0.4) is 0 Å². The summed E-state index contributed by atoms with van der Waals surface area (Å²) >= 11 is 0. The number of anilines is 1. The van der Waals surface area contributed by atoms with Crippen molar-refractivity contribution in [2.75, 3.05) is 18.0 Å². The van der Waals surface area contributed by atoms with Gasteiger partial charge in [0.1, 0.15) is 0 Å². The van der Waals surface area contributed by atoms with Crippen molar-refractivity contribution in [3.8, 4) is 0 Å². The monoisotopic (exact) mass is 331 g/mol. The topological polar surface area (TPSA) is 63.7 Å². The highest BCUT2D eigenvalue weighted by molar-refractivity contribution is 7.92. The molecule has 0 radical (unpaired) electrons. The van der Waals surface area contributed by atoms with Crippen molar-refractivity contribution in [3.05, 3.63) is 72.8 Å². The standard InChI is InChI=1S/C17H17NO4S/c1-3-12-18(23(20,21)16-10-5-4-6-11-16)15-9-7-8-14(13-15)17(19)22-2/h3-11,13H,1,12H2,2H3. The van der Waals surface area contributed by atoms with Crippen LogP contribution in [0.15, 0.2) is 72.1 Å². The summed E-state index contributed by atoms with van der Waals surface area (Å²) in [7, 11) is -2.48. The van der Waals surface area contributed by atoms with E-state index in [4.69, 9.17) is 0 Å². The molecule has 0 heterocycles. The number of ether oxygens (including phenoxy) is 1. The Balaban J connectivity index is 2.51. The van der Waals surface area contributed by atoms with E-state index in [2.05, 4.69) is 11.3 Å². The van der Waals surface area contributed by atoms with E-state index in [1.807, 2.05) is 0 Å². The number of esters is 1. The van der Waals surface area contributed by atoms with E-state index in [9.17, 15) is 13.2 Å². The van der Waals surface area contributed by atoms with Crippen LogP contribution >= 0.6 is 0 Å². The van der Waals surface area contributed by atoms with Gasteiger partial charge in [-0.2, -0.15) is 0 Å². The van der Waals surface area contributed by atoms with E-state index in [0.717, 1.165) is 0 Å². The minimum atomic E-state index is -3.76. The summed E-state index contributed by atoms with van der Waals surface area (Å²) in [5.74, 6) is -0.525. The molecule has 0 amide bonds. The number of nitrogens with zero attached hydrogens (tertiary/aromatic N) is 1. The zero-order chi connectivity index (χ0) is 16.9. The molecule has 2 rings (SSSR count). The number of rotatable bonds is 6. The lowest BCUT2D eigenvalue weighted by atomic mass is 10.2. The molecular weight excluding hydrogens is 314 g/mol. The largest absolute Gasteiger partial charge is 0.465 e. The van der Waals surface area contributed by atoms with Crippen molar-refractivity contribution in [3.63, 3.8) is 0 Å². The maximum Gasteiger partial charge on any atom is 0.337 e. The molecule has 0 saturated heterocycles. The molecule has 2 aromatic rings. The third kappa shape index (κ3) is 3.60. The van der Waals surface area contributed by atoms with Crippen LogP contribution in [0, 0.1) is 0 Å². The summed E-state index contributed by atoms with van der Waals surface area (Å²) in [6, 6.07) is 14.4. The molecule has 0 saturated carbocycles. The van der Waals surface area contributed by atoms with Gasteiger partial charge in [-0.05, 0) is 30.3 Å². The SMILES string of the molecule is C=CCN(c1cccc(C(=O)OC)c1)S(=O)(=O)c1ccccc1. The Labute approximate surface area is 135 Å². The predicted molar refractivity (Wildman–Crippen MR) is 89.0 cm³/mol. The van der Waals surface area contributed by atoms with E-state index >= 15 is 0 Å². The predicted octanol–water partition coefficient (Wildman–Crippen LogP) is 2.85. The van der Waals surface area contributed by atoms with Crippen LogP contribution in [-0.4, -0.2) is 28.0 Å². The molecule has 2 aromatic carbocycles. The second-order valence-corrected chi connectivity index (χ2v) is 6.54. The first-order valence-corrected chi connectivity index (χ1v) is 8.31. The van der Waals surface area contributed by atoms with E-state index in [1.54, 1.807) is 36.4 Å². The lowest BCUT2D eigenvalue weighted by Crippen LogP contribution is -2.31. The van der Waals surface area contributed by atoms with E-state index in [0.29, 0.717) is 5.69 Å². The molecule has 0 aliphatic heterocycles. The van der Waals surface area contributed by atoms with Gasteiger partial charge >= 0.3 is 5.97 Å². The Hall–Kier alpha value is -2.60. The Morgan fingerprint density at radius 1 is 1.17 bits per heavy atom. The molecule has 0 aliphatic carbocycles. The van der Waals surface area contributed by atoms with Crippen LogP contribution < -0.4 is 4.31 Å². The van der Waals surface area contributed by atoms with Crippen LogP contribution in [0.2, 0.25) is 0 Å². The van der Waals surface area contributed by atoms with Gasteiger partial charge in [-0.15, -0.1) is 6.58 Å². The maximum absolute atomic E-state index is 12.8. The first kappa shape index (κ1) is 16.8. The van der Waals surface area contributed by atoms with Gasteiger partial charge in [0.25, 0.3) is 10.0 Å². The smallest absolute Gasteiger partial charge is 0.337 e. The molecule has 120 valence electrons. The fraction of sp³-hybridized carbons (Fsp3) is 0.118. The van der Waals surface area contributed by atoms with Gasteiger partial charge < -0.3 is 4.74 Å². The van der Waals surface area contributed by atoms with Crippen molar-refractivity contribution in [1.82, 2.24) is 0 Å². The van der Waals surface area contributed by atoms with Crippen LogP contribution in [0.1, 0.15) is 10.4 Å². The van der Waals surface area contributed by atoms with Crippen molar-refractivity contribution in [2.45, 2.75) is 4.90 Å². The lowest BCUT2D eigenvalue weighted by Gasteiger charge is -2.23. The van der Waals surface area contributed by atoms with Gasteiger partial charge in [0.2, 0.25) is 0 Å². The second-order valence-electron chi connectivity index (χ2n) is 4.68. The Bertz CT molecular complexity index is 800. The number of hydrogen-bond donors (Lipinski definition) is 0. The number of carbonyl (C=O) groups excluding carboxylic acids is 1. The van der Waals surface area contributed by atoms with Crippen LogP contribution in [-0.2, 0) is 14.8 Å². The fourth-order valence-corrected chi connectivity index (χ4v) is 3.53. The number of carbonyl (C=O) groups is 1. The highest BCUT2D eigenvalue weighted by Gasteiger charge is 2.24. The van der Waals surface area contributed by atoms with E-state index in [1.165, 1.54) is 35.7 Å². The Morgan fingerprint density at radius 3 is 2.48 bits per heavy atom. The number of methoxy groups -OCH3 is 1. The van der Waals surface area contributed by atoms with Crippen LogP contribution in [0.5, 0.6) is 0 Å². The Morgan fingerprint density at radius 2 is 1.87 bits per heavy atom. The van der Waals surface area contributed by atoms with E-state index < -0.39 is 16.0 Å². The molecule has 5 nitrogen and oxygen atoms in total. The van der Waals surface area contributed by atoms with Gasteiger partial charge in [-0.1, -0.05) is 30.3 Å². The molecule has 6 heteroatoms. The average molecular weight is 331 g/mol. The summed E-state index contributed by atoms with van der Waals surface area (Å²) in [4.78, 5) is 11.8. The summed E-state index contributed by atoms with van der Waals surface area (Å²) in [5.41, 5.74) is 0.652. The average Bonchev–Trinajstić information content (AvgIpc) is 2.59. The highest BCUT2D eigenvalue weighted by Crippen LogP contribution is 2.24. The van der Waals surface area contributed by atoms with Crippen LogP contribution in [0.4, 0.5) is 5.69 Å². The third-order valence-electron chi connectivity index (χ3n) is 3.18. The normalized spacial score (nSPS) is 10.8. The van der Waals surface area contributed by atoms with Crippen molar-refractivity contribution < 1.29 is 17.9 Å². The molecule has 0 aromatic heterocycles. The van der Waals surface area contributed by atoms with Gasteiger partial charge in [0.15, 0.2) is 0 Å². The van der Waals surface area contributed by atoms with Crippen molar-refractivity contribution >= 4 is 21.7 Å². The third-order valence-corrected chi connectivity index (χ3v) is 4.99. The zero-order valence-corrected chi connectivity index (χ0v) is 13.5. The number of hydrogen-bond acceptors (Lipinski definition) is 4. The van der Waals surface area contributed by atoms with Crippen LogP contribution in [0.25, 0.3) is 0 Å². The summed E-state index contributed by atoms with van der Waals surface area (Å²) in [6.07, 6.45) is 1.49. The summed E-state index contributed by atoms with van der Waals surface area (Å²) < 4.78 is 31.5. The quantitative estimate of drug-likeness (QED) is 0.603. The fourth-order valence-electron chi connectivity index (χ4n) is 2.09. The highest BCUT2D eigenvalue weighted by atomic mass is 32.2. The lowest BCUT2D eigenvalue weighted by molar-refractivity contribution is 0.0600.